The number of methoxy groups -OCH3 is 1. The molecular formula is C16H22N2O2. The molecule has 4 nitrogen and oxygen atoms in total. The van der Waals surface area contributed by atoms with Gasteiger partial charge in [-0.05, 0) is 37.3 Å². The molecule has 2 N–H and O–H groups in total. The highest BCUT2D eigenvalue weighted by molar-refractivity contribution is 6.00. The highest BCUT2D eigenvalue weighted by atomic mass is 16.5. The molecule has 0 aromatic heterocycles. The molecule has 1 aliphatic carbocycles. The number of amides is 1. The highest BCUT2D eigenvalue weighted by Crippen LogP contribution is 2.37. The van der Waals surface area contributed by atoms with E-state index in [0.29, 0.717) is 29.0 Å². The summed E-state index contributed by atoms with van der Waals surface area (Å²) in [6.45, 7) is 0.866. The van der Waals surface area contributed by atoms with Crippen LogP contribution >= 0.6 is 0 Å². The zero-order valence-electron chi connectivity index (χ0n) is 12.0. The van der Waals surface area contributed by atoms with Crippen molar-refractivity contribution < 1.29 is 9.53 Å². The quantitative estimate of drug-likeness (QED) is 0.844. The number of anilines is 1. The number of carbonyl (C=O) groups is 1. The van der Waals surface area contributed by atoms with Crippen molar-refractivity contribution in [2.45, 2.75) is 38.1 Å². The van der Waals surface area contributed by atoms with Crippen molar-refractivity contribution in [3.63, 3.8) is 0 Å². The monoisotopic (exact) mass is 274 g/mol. The SMILES string of the molecule is COc1cccc(C(=O)N2CCC3CCCCC32)c1N. The van der Waals surface area contributed by atoms with Gasteiger partial charge in [-0.2, -0.15) is 0 Å². The Labute approximate surface area is 119 Å². The fraction of sp³-hybridized carbons (Fsp3) is 0.562. The Bertz CT molecular complexity index is 515. The lowest BCUT2D eigenvalue weighted by Gasteiger charge is -2.32. The van der Waals surface area contributed by atoms with Gasteiger partial charge in [0.25, 0.3) is 5.91 Å². The van der Waals surface area contributed by atoms with Gasteiger partial charge < -0.3 is 15.4 Å². The summed E-state index contributed by atoms with van der Waals surface area (Å²) in [6.07, 6.45) is 6.09. The topological polar surface area (TPSA) is 55.6 Å². The predicted octanol–water partition coefficient (Wildman–Crippen LogP) is 2.68. The van der Waals surface area contributed by atoms with Crippen molar-refractivity contribution in [1.29, 1.82) is 0 Å². The van der Waals surface area contributed by atoms with E-state index in [0.717, 1.165) is 19.4 Å². The fourth-order valence-corrected chi connectivity index (χ4v) is 3.72. The summed E-state index contributed by atoms with van der Waals surface area (Å²) in [4.78, 5) is 14.8. The number of ether oxygens (including phenoxy) is 1. The first-order chi connectivity index (χ1) is 9.72. The summed E-state index contributed by atoms with van der Waals surface area (Å²) >= 11 is 0. The van der Waals surface area contributed by atoms with E-state index >= 15 is 0 Å². The molecule has 1 saturated heterocycles. The van der Waals surface area contributed by atoms with Gasteiger partial charge in [-0.15, -0.1) is 0 Å². The maximum Gasteiger partial charge on any atom is 0.256 e. The minimum Gasteiger partial charge on any atom is -0.495 e. The van der Waals surface area contributed by atoms with Crippen LogP contribution in [0, 0.1) is 5.92 Å². The van der Waals surface area contributed by atoms with E-state index in [1.54, 1.807) is 19.2 Å². The number of nitrogens with two attached hydrogens (primary N) is 1. The lowest BCUT2D eigenvalue weighted by Crippen LogP contribution is -2.39. The number of nitrogen functional groups attached to an aromatic ring is 1. The number of para-hydroxylation sites is 1. The van der Waals surface area contributed by atoms with E-state index in [2.05, 4.69) is 0 Å². The Morgan fingerprint density at radius 1 is 1.30 bits per heavy atom. The van der Waals surface area contributed by atoms with Gasteiger partial charge in [0.15, 0.2) is 0 Å². The highest BCUT2D eigenvalue weighted by Gasteiger charge is 2.38. The maximum atomic E-state index is 12.8. The second-order valence-electron chi connectivity index (χ2n) is 5.82. The number of benzene rings is 1. The third-order valence-corrected chi connectivity index (χ3v) is 4.79. The van der Waals surface area contributed by atoms with Crippen LogP contribution in [-0.2, 0) is 0 Å². The molecule has 4 heteroatoms. The third kappa shape index (κ3) is 2.13. The molecule has 0 radical (unpaired) electrons. The third-order valence-electron chi connectivity index (χ3n) is 4.79. The summed E-state index contributed by atoms with van der Waals surface area (Å²) < 4.78 is 5.21. The molecule has 2 aliphatic rings. The van der Waals surface area contributed by atoms with E-state index in [9.17, 15) is 4.79 Å². The van der Waals surface area contributed by atoms with E-state index in [1.807, 2.05) is 11.0 Å². The molecular weight excluding hydrogens is 252 g/mol. The molecule has 20 heavy (non-hydrogen) atoms. The van der Waals surface area contributed by atoms with Crippen LogP contribution in [0.5, 0.6) is 5.75 Å². The van der Waals surface area contributed by atoms with Crippen LogP contribution in [0.25, 0.3) is 0 Å². The van der Waals surface area contributed by atoms with Crippen LogP contribution in [0.2, 0.25) is 0 Å². The van der Waals surface area contributed by atoms with E-state index in [-0.39, 0.29) is 5.91 Å². The smallest absolute Gasteiger partial charge is 0.256 e. The largest absolute Gasteiger partial charge is 0.495 e. The molecule has 1 aromatic carbocycles. The van der Waals surface area contributed by atoms with E-state index < -0.39 is 0 Å². The number of carbonyl (C=O) groups excluding carboxylic acids is 1. The molecule has 2 unspecified atom stereocenters. The summed E-state index contributed by atoms with van der Waals surface area (Å²) in [6, 6.07) is 5.84. The molecule has 1 heterocycles. The van der Waals surface area contributed by atoms with Gasteiger partial charge in [-0.25, -0.2) is 0 Å². The molecule has 2 fully saturated rings. The minimum atomic E-state index is 0.0656. The molecule has 108 valence electrons. The van der Waals surface area contributed by atoms with Crippen molar-refractivity contribution in [2.24, 2.45) is 5.92 Å². The van der Waals surface area contributed by atoms with Gasteiger partial charge in [0.1, 0.15) is 5.75 Å². The summed E-state index contributed by atoms with van der Waals surface area (Å²) in [5.74, 6) is 1.34. The van der Waals surface area contributed by atoms with Gasteiger partial charge >= 0.3 is 0 Å². The molecule has 2 atom stereocenters. The van der Waals surface area contributed by atoms with E-state index in [4.69, 9.17) is 10.5 Å². The number of fused-ring (bicyclic) bond motifs is 1. The van der Waals surface area contributed by atoms with Crippen LogP contribution in [0.3, 0.4) is 0 Å². The Kier molecular flexibility index (Phi) is 3.55. The number of rotatable bonds is 2. The fourth-order valence-electron chi connectivity index (χ4n) is 3.72. The van der Waals surface area contributed by atoms with Crippen LogP contribution < -0.4 is 10.5 Å². The Hall–Kier alpha value is -1.71. The normalized spacial score (nSPS) is 25.4. The van der Waals surface area contributed by atoms with Gasteiger partial charge in [0, 0.05) is 12.6 Å². The lowest BCUT2D eigenvalue weighted by molar-refractivity contribution is 0.0691. The average Bonchev–Trinajstić information content (AvgIpc) is 2.91. The molecule has 1 aromatic rings. The standard InChI is InChI=1S/C16H22N2O2/c1-20-14-8-4-6-12(15(14)17)16(19)18-10-9-11-5-2-3-7-13(11)18/h4,6,8,11,13H,2-3,5,7,9-10,17H2,1H3. The first-order valence-electron chi connectivity index (χ1n) is 7.46. The Balaban J connectivity index is 1.86. The summed E-state index contributed by atoms with van der Waals surface area (Å²) in [7, 11) is 1.58. The maximum absolute atomic E-state index is 12.8. The first-order valence-corrected chi connectivity index (χ1v) is 7.46. The zero-order valence-corrected chi connectivity index (χ0v) is 12.0. The van der Waals surface area contributed by atoms with Crippen molar-refractivity contribution in [2.75, 3.05) is 19.4 Å². The van der Waals surface area contributed by atoms with Gasteiger partial charge in [0.05, 0.1) is 18.4 Å². The van der Waals surface area contributed by atoms with Crippen molar-refractivity contribution in [1.82, 2.24) is 4.90 Å². The Morgan fingerprint density at radius 2 is 2.10 bits per heavy atom. The van der Waals surface area contributed by atoms with E-state index in [1.165, 1.54) is 19.3 Å². The number of nitrogens with zero attached hydrogens (tertiary/aromatic N) is 1. The molecule has 1 saturated carbocycles. The molecule has 0 bridgehead atoms. The van der Waals surface area contributed by atoms with Gasteiger partial charge in [-0.1, -0.05) is 18.9 Å². The second kappa shape index (κ2) is 5.35. The zero-order chi connectivity index (χ0) is 14.1. The molecule has 3 rings (SSSR count). The number of hydrogen-bond donors (Lipinski definition) is 1. The van der Waals surface area contributed by atoms with Crippen molar-refractivity contribution in [3.05, 3.63) is 23.8 Å². The molecule has 0 spiro atoms. The minimum absolute atomic E-state index is 0.0656. The average molecular weight is 274 g/mol. The van der Waals surface area contributed by atoms with Crippen molar-refractivity contribution >= 4 is 11.6 Å². The van der Waals surface area contributed by atoms with Crippen LogP contribution in [0.15, 0.2) is 18.2 Å². The molecule has 1 aliphatic heterocycles. The summed E-state index contributed by atoms with van der Waals surface area (Å²) in [5.41, 5.74) is 7.09. The predicted molar refractivity (Wildman–Crippen MR) is 78.8 cm³/mol. The second-order valence-corrected chi connectivity index (χ2v) is 5.82. The first kappa shape index (κ1) is 13.3. The van der Waals surface area contributed by atoms with Gasteiger partial charge in [0.2, 0.25) is 0 Å². The summed E-state index contributed by atoms with van der Waals surface area (Å²) in [5, 5.41) is 0. The van der Waals surface area contributed by atoms with Crippen LogP contribution in [0.4, 0.5) is 5.69 Å². The van der Waals surface area contributed by atoms with Gasteiger partial charge in [-0.3, -0.25) is 4.79 Å². The molecule has 1 amide bonds. The number of likely N-dealkylation sites (tertiary alicyclic amines) is 1. The lowest BCUT2D eigenvalue weighted by atomic mass is 9.85. The number of hydrogen-bond acceptors (Lipinski definition) is 3. The van der Waals surface area contributed by atoms with Crippen LogP contribution in [-0.4, -0.2) is 30.5 Å². The Morgan fingerprint density at radius 3 is 2.90 bits per heavy atom. The van der Waals surface area contributed by atoms with Crippen molar-refractivity contribution in [3.8, 4) is 5.75 Å². The van der Waals surface area contributed by atoms with Crippen LogP contribution in [0.1, 0.15) is 42.5 Å².